The number of hydrogen-bond donors (Lipinski definition) is 3. The summed E-state index contributed by atoms with van der Waals surface area (Å²) < 4.78 is 1.40. The Kier molecular flexibility index (Phi) is 6.29. The number of anilines is 1. The van der Waals surface area contributed by atoms with Gasteiger partial charge in [0, 0.05) is 29.3 Å². The third kappa shape index (κ3) is 5.15. The second kappa shape index (κ2) is 9.70. The van der Waals surface area contributed by atoms with Gasteiger partial charge in [0.1, 0.15) is 5.75 Å². The van der Waals surface area contributed by atoms with Gasteiger partial charge < -0.3 is 15.7 Å². The molecule has 0 bridgehead atoms. The van der Waals surface area contributed by atoms with Gasteiger partial charge in [-0.2, -0.15) is 9.78 Å². The average Bonchev–Trinajstić information content (AvgIpc) is 3.62. The Morgan fingerprint density at radius 2 is 1.75 bits per heavy atom. The molecule has 0 radical (unpaired) electrons. The second-order valence-electron chi connectivity index (χ2n) is 9.34. The normalized spacial score (nSPS) is 12.8. The molecule has 3 N–H and O–H groups in total. The number of aromatic hydroxyl groups is 1. The number of aryl methyl sites for hydroxylation is 2. The molecule has 2 amide bonds. The molecule has 0 saturated heterocycles. The number of nitrogens with zero attached hydrogens (tertiary/aromatic N) is 2. The zero-order valence-electron chi connectivity index (χ0n) is 20.3. The van der Waals surface area contributed by atoms with Crippen molar-refractivity contribution in [1.29, 1.82) is 0 Å². The van der Waals surface area contributed by atoms with E-state index >= 15 is 0 Å². The molecule has 0 atom stereocenters. The molecule has 1 aliphatic carbocycles. The highest BCUT2D eigenvalue weighted by Gasteiger charge is 2.30. The second-order valence-corrected chi connectivity index (χ2v) is 9.34. The fraction of sp³-hybridized carbons (Fsp3) is 0.207. The third-order valence-corrected chi connectivity index (χ3v) is 6.30. The number of phenols is 1. The molecule has 1 fully saturated rings. The van der Waals surface area contributed by atoms with Crippen molar-refractivity contribution < 1.29 is 14.7 Å². The predicted molar refractivity (Wildman–Crippen MR) is 139 cm³/mol. The van der Waals surface area contributed by atoms with Crippen LogP contribution in [0.4, 0.5) is 10.5 Å². The zero-order chi connectivity index (χ0) is 25.2. The lowest BCUT2D eigenvalue weighted by Gasteiger charge is -2.09. The van der Waals surface area contributed by atoms with Crippen LogP contribution in [0.3, 0.4) is 0 Å². The van der Waals surface area contributed by atoms with E-state index in [1.807, 2.05) is 56.3 Å². The molecule has 1 aliphatic rings. The highest BCUT2D eigenvalue weighted by molar-refractivity contribution is 6.04. The fourth-order valence-corrected chi connectivity index (χ4v) is 4.16. The molecule has 3 aromatic carbocycles. The van der Waals surface area contributed by atoms with E-state index in [2.05, 4.69) is 15.7 Å². The van der Waals surface area contributed by atoms with E-state index in [1.54, 1.807) is 24.3 Å². The summed E-state index contributed by atoms with van der Waals surface area (Å²) in [5.41, 5.74) is 6.03. The summed E-state index contributed by atoms with van der Waals surface area (Å²) in [5.74, 6) is 0.0457. The van der Waals surface area contributed by atoms with Crippen LogP contribution in [-0.4, -0.2) is 26.8 Å². The minimum absolute atomic E-state index is 0.0236. The smallest absolute Gasteiger partial charge is 0.342 e. The first-order valence-electron chi connectivity index (χ1n) is 12.0. The van der Waals surface area contributed by atoms with Crippen LogP contribution in [-0.2, 0) is 6.54 Å². The highest BCUT2D eigenvalue weighted by atomic mass is 16.3. The predicted octanol–water partition coefficient (Wildman–Crippen LogP) is 5.76. The van der Waals surface area contributed by atoms with Crippen LogP contribution in [0.2, 0.25) is 0 Å². The molecular weight excluding hydrogens is 452 g/mol. The number of aromatic nitrogens is 2. The minimum atomic E-state index is -0.312. The maximum absolute atomic E-state index is 13.0. The molecule has 0 aliphatic heterocycles. The van der Waals surface area contributed by atoms with E-state index in [9.17, 15) is 14.7 Å². The van der Waals surface area contributed by atoms with Gasteiger partial charge in [-0.1, -0.05) is 47.5 Å². The van der Waals surface area contributed by atoms with Crippen LogP contribution in [0.1, 0.15) is 51.5 Å². The molecule has 4 aromatic rings. The van der Waals surface area contributed by atoms with Crippen molar-refractivity contribution in [3.8, 4) is 17.0 Å². The van der Waals surface area contributed by atoms with Crippen molar-refractivity contribution in [2.24, 2.45) is 0 Å². The number of carbonyl (C=O) groups is 2. The number of phenolic OH excluding ortho intramolecular Hbond substituents is 1. The summed E-state index contributed by atoms with van der Waals surface area (Å²) in [5, 5.41) is 21.0. The largest absolute Gasteiger partial charge is 0.507 e. The number of amides is 2. The average molecular weight is 481 g/mol. The third-order valence-electron chi connectivity index (χ3n) is 6.30. The molecule has 1 saturated carbocycles. The van der Waals surface area contributed by atoms with Crippen molar-refractivity contribution in [3.05, 3.63) is 101 Å². The summed E-state index contributed by atoms with van der Waals surface area (Å²) in [6.07, 6.45) is 1.99. The molecular formula is C29H28N4O3. The van der Waals surface area contributed by atoms with Crippen LogP contribution in [0.15, 0.2) is 72.8 Å². The molecule has 36 heavy (non-hydrogen) atoms. The van der Waals surface area contributed by atoms with Gasteiger partial charge >= 0.3 is 6.03 Å². The van der Waals surface area contributed by atoms with Crippen LogP contribution < -0.4 is 10.6 Å². The Hall–Kier alpha value is -4.39. The Bertz CT molecular complexity index is 1440. The first-order valence-corrected chi connectivity index (χ1v) is 12.0. The van der Waals surface area contributed by atoms with E-state index in [0.29, 0.717) is 29.1 Å². The van der Waals surface area contributed by atoms with E-state index in [0.717, 1.165) is 35.2 Å². The Morgan fingerprint density at radius 3 is 2.47 bits per heavy atom. The van der Waals surface area contributed by atoms with E-state index in [-0.39, 0.29) is 23.6 Å². The molecule has 0 spiro atoms. The van der Waals surface area contributed by atoms with Crippen molar-refractivity contribution in [2.75, 3.05) is 5.32 Å². The summed E-state index contributed by atoms with van der Waals surface area (Å²) >= 11 is 0. The lowest BCUT2D eigenvalue weighted by atomic mass is 10.1. The molecule has 7 nitrogen and oxygen atoms in total. The van der Waals surface area contributed by atoms with Gasteiger partial charge in [0.05, 0.1) is 11.4 Å². The number of hydrogen-bond acceptors (Lipinski definition) is 4. The van der Waals surface area contributed by atoms with Gasteiger partial charge in [0.15, 0.2) is 0 Å². The molecule has 7 heteroatoms. The first kappa shape index (κ1) is 23.4. The molecule has 1 aromatic heterocycles. The number of carbonyl (C=O) groups excluding carboxylic acids is 2. The van der Waals surface area contributed by atoms with Crippen LogP contribution in [0, 0.1) is 13.8 Å². The van der Waals surface area contributed by atoms with Crippen LogP contribution >= 0.6 is 0 Å². The van der Waals surface area contributed by atoms with Crippen LogP contribution in [0.25, 0.3) is 11.3 Å². The van der Waals surface area contributed by atoms with Crippen molar-refractivity contribution >= 4 is 17.6 Å². The summed E-state index contributed by atoms with van der Waals surface area (Å²) in [7, 11) is 0. The molecule has 182 valence electrons. The maximum atomic E-state index is 13.0. The van der Waals surface area contributed by atoms with Gasteiger partial charge in [0.25, 0.3) is 5.91 Å². The number of rotatable bonds is 6. The van der Waals surface area contributed by atoms with Crippen LogP contribution in [0.5, 0.6) is 5.75 Å². The molecule has 0 unspecified atom stereocenters. The topological polar surface area (TPSA) is 96.2 Å². The van der Waals surface area contributed by atoms with Gasteiger partial charge in [-0.25, -0.2) is 4.79 Å². The maximum Gasteiger partial charge on any atom is 0.342 e. The number of benzene rings is 3. The zero-order valence-corrected chi connectivity index (χ0v) is 20.3. The SMILES string of the molecule is Cc1ccc(C(=O)Nc2ccc(O)c(-c3cc(C4CC4)n(C(=O)NCc4cccc(C)c4)n3)c2)cc1. The molecule has 5 rings (SSSR count). The van der Waals surface area contributed by atoms with Crippen molar-refractivity contribution in [3.63, 3.8) is 0 Å². The monoisotopic (exact) mass is 480 g/mol. The van der Waals surface area contributed by atoms with E-state index in [1.165, 1.54) is 10.7 Å². The Balaban J connectivity index is 1.38. The minimum Gasteiger partial charge on any atom is -0.507 e. The van der Waals surface area contributed by atoms with E-state index < -0.39 is 0 Å². The van der Waals surface area contributed by atoms with Crippen molar-refractivity contribution in [1.82, 2.24) is 15.1 Å². The summed E-state index contributed by atoms with van der Waals surface area (Å²) in [6, 6.07) is 21.7. The molecule has 1 heterocycles. The van der Waals surface area contributed by atoms with Gasteiger partial charge in [-0.15, -0.1) is 0 Å². The van der Waals surface area contributed by atoms with Gasteiger partial charge in [-0.05, 0) is 68.7 Å². The van der Waals surface area contributed by atoms with E-state index in [4.69, 9.17) is 0 Å². The highest BCUT2D eigenvalue weighted by Crippen LogP contribution is 2.42. The lowest BCUT2D eigenvalue weighted by Crippen LogP contribution is -2.30. The Labute approximate surface area is 209 Å². The quantitative estimate of drug-likeness (QED) is 0.306. The lowest BCUT2D eigenvalue weighted by molar-refractivity contribution is 0.102. The Morgan fingerprint density at radius 1 is 0.972 bits per heavy atom. The number of nitrogens with one attached hydrogen (secondary N) is 2. The summed E-state index contributed by atoms with van der Waals surface area (Å²) in [4.78, 5) is 25.7. The van der Waals surface area contributed by atoms with Gasteiger partial charge in [-0.3, -0.25) is 4.79 Å². The first-order chi connectivity index (χ1) is 17.4. The van der Waals surface area contributed by atoms with Crippen molar-refractivity contribution in [2.45, 2.75) is 39.2 Å². The van der Waals surface area contributed by atoms with Gasteiger partial charge in [0.2, 0.25) is 0 Å². The standard InChI is InChI=1S/C29H28N4O3/c1-18-6-8-22(9-7-18)28(35)31-23-12-13-27(34)24(15-23)25-16-26(21-10-11-21)33(32-25)29(36)30-17-20-5-3-4-19(2)14-20/h3-9,12-16,21,34H,10-11,17H2,1-2H3,(H,30,36)(H,31,35). The fourth-order valence-electron chi connectivity index (χ4n) is 4.16. The summed E-state index contributed by atoms with van der Waals surface area (Å²) in [6.45, 7) is 4.37.